The van der Waals surface area contributed by atoms with E-state index in [1.165, 1.54) is 10.9 Å². The van der Waals surface area contributed by atoms with Crippen LogP contribution in [0.25, 0.3) is 0 Å². The van der Waals surface area contributed by atoms with Crippen molar-refractivity contribution in [3.05, 3.63) is 48.5 Å². The van der Waals surface area contributed by atoms with Gasteiger partial charge in [-0.1, -0.05) is 31.3 Å². The van der Waals surface area contributed by atoms with Gasteiger partial charge in [0, 0.05) is 6.85 Å². The summed E-state index contributed by atoms with van der Waals surface area (Å²) in [6.45, 7) is 0.164. The van der Waals surface area contributed by atoms with Gasteiger partial charge in [-0.05, 0) is 24.3 Å². The predicted molar refractivity (Wildman–Crippen MR) is 80.1 cm³/mol. The Balaban J connectivity index is 2.26. The van der Waals surface area contributed by atoms with Crippen molar-refractivity contribution in [1.82, 2.24) is 5.23 Å². The van der Waals surface area contributed by atoms with Gasteiger partial charge in [0.15, 0.2) is 0 Å². The molecule has 1 radical (unpaired) electrons. The van der Waals surface area contributed by atoms with E-state index in [2.05, 4.69) is 29.5 Å². The van der Waals surface area contributed by atoms with Crippen molar-refractivity contribution in [2.75, 3.05) is 21.3 Å². The molecule has 0 saturated heterocycles. The molecule has 0 aromatic heterocycles. The summed E-state index contributed by atoms with van der Waals surface area (Å²) in [6, 6.07) is 16.2. The molecule has 2 rings (SSSR count). The summed E-state index contributed by atoms with van der Waals surface area (Å²) in [7, 11) is 5.31. The van der Waals surface area contributed by atoms with E-state index in [-0.39, 0.29) is 6.85 Å². The summed E-state index contributed by atoms with van der Waals surface area (Å²) in [6.07, 6.45) is 0. The Morgan fingerprint density at radius 3 is 1.37 bits per heavy atom. The normalized spacial score (nSPS) is 10.5. The minimum Gasteiger partial charge on any atom is -0.510 e. The van der Waals surface area contributed by atoms with Crippen LogP contribution < -0.4 is 25.6 Å². The van der Waals surface area contributed by atoms with Crippen LogP contribution in [0.15, 0.2) is 48.5 Å². The van der Waals surface area contributed by atoms with Crippen LogP contribution in [0.5, 0.6) is 11.5 Å². The number of rotatable bonds is 5. The molecule has 0 heterocycles. The van der Waals surface area contributed by atoms with Crippen LogP contribution >= 0.6 is 0 Å². The van der Waals surface area contributed by atoms with Crippen molar-refractivity contribution in [1.29, 1.82) is 0 Å². The fraction of sp³-hybridized carbons (Fsp3) is 0.200. The molecule has 4 heteroatoms. The van der Waals surface area contributed by atoms with E-state index in [0.29, 0.717) is 0 Å². The Morgan fingerprint density at radius 1 is 0.737 bits per heavy atom. The lowest BCUT2D eigenvalue weighted by Crippen LogP contribution is -2.52. The number of hydrogen-bond acceptors (Lipinski definition) is 3. The molecule has 0 aliphatic rings. The lowest BCUT2D eigenvalue weighted by molar-refractivity contribution is 0.415. The maximum absolute atomic E-state index is 5.18. The Bertz CT molecular complexity index is 463. The molecule has 1 N–H and O–H groups in total. The van der Waals surface area contributed by atoms with Crippen molar-refractivity contribution in [3.63, 3.8) is 0 Å². The highest BCUT2D eigenvalue weighted by molar-refractivity contribution is 6.83. The highest BCUT2D eigenvalue weighted by Gasteiger charge is 2.02. The molecule has 99 valence electrons. The summed E-state index contributed by atoms with van der Waals surface area (Å²) >= 11 is 0. The van der Waals surface area contributed by atoms with E-state index in [9.17, 15) is 0 Å². The van der Waals surface area contributed by atoms with Gasteiger partial charge in [0.2, 0.25) is 0 Å². The van der Waals surface area contributed by atoms with Gasteiger partial charge >= 0.3 is 0 Å². The zero-order chi connectivity index (χ0) is 13.7. The number of nitrogens with one attached hydrogen (secondary N) is 1. The zero-order valence-electron chi connectivity index (χ0n) is 11.5. The fourth-order valence-electron chi connectivity index (χ4n) is 2.12. The molecule has 0 unspecified atom stereocenters. The van der Waals surface area contributed by atoms with Crippen molar-refractivity contribution in [2.24, 2.45) is 0 Å². The van der Waals surface area contributed by atoms with E-state index in [4.69, 9.17) is 9.47 Å². The summed E-state index contributed by atoms with van der Waals surface area (Å²) < 4.78 is 10.4. The van der Waals surface area contributed by atoms with Crippen LogP contribution in [0.3, 0.4) is 0 Å². The van der Waals surface area contributed by atoms with Crippen molar-refractivity contribution in [2.45, 2.75) is 0 Å². The van der Waals surface area contributed by atoms with Crippen LogP contribution in [0, 0.1) is 0 Å². The second-order valence-corrected chi connectivity index (χ2v) is 4.27. The van der Waals surface area contributed by atoms with Crippen molar-refractivity contribution < 1.29 is 9.47 Å². The summed E-state index contributed by atoms with van der Waals surface area (Å²) in [5, 5.41) is 3.33. The molecule has 0 bridgehead atoms. The molecule has 0 fully saturated rings. The van der Waals surface area contributed by atoms with Gasteiger partial charge in [-0.2, -0.15) is 0 Å². The average molecular weight is 255 g/mol. The van der Waals surface area contributed by atoms with Gasteiger partial charge in [0.1, 0.15) is 11.5 Å². The van der Waals surface area contributed by atoms with Gasteiger partial charge in [-0.25, -0.2) is 10.9 Å². The van der Waals surface area contributed by atoms with E-state index < -0.39 is 0 Å². The van der Waals surface area contributed by atoms with Gasteiger partial charge in [-0.3, -0.25) is 0 Å². The minimum atomic E-state index is 0.164. The van der Waals surface area contributed by atoms with Gasteiger partial charge < -0.3 is 14.7 Å². The highest BCUT2D eigenvalue weighted by Crippen LogP contribution is 2.08. The molecule has 0 amide bonds. The maximum Gasteiger partial charge on any atom is 0.118 e. The molecule has 0 aliphatic carbocycles. The third kappa shape index (κ3) is 3.09. The molecular formula is C15H18BNO2-. The maximum atomic E-state index is 5.18. The molecule has 0 aliphatic heterocycles. The molecule has 19 heavy (non-hydrogen) atoms. The Morgan fingerprint density at radius 2 is 1.11 bits per heavy atom. The van der Waals surface area contributed by atoms with Crippen LogP contribution in [-0.2, 0) is 0 Å². The van der Waals surface area contributed by atoms with Gasteiger partial charge in [0.25, 0.3) is 0 Å². The SMILES string of the molecule is CN[B-](c1ccc(OC)cc1)c1ccc(OC)cc1. The first-order chi connectivity index (χ1) is 9.28. The van der Waals surface area contributed by atoms with Crippen LogP contribution in [0.2, 0.25) is 0 Å². The predicted octanol–water partition coefficient (Wildman–Crippen LogP) is 1.03. The number of benzene rings is 2. The third-order valence-corrected chi connectivity index (χ3v) is 3.19. The third-order valence-electron chi connectivity index (χ3n) is 3.19. The zero-order valence-corrected chi connectivity index (χ0v) is 11.5. The minimum absolute atomic E-state index is 0.164. The van der Waals surface area contributed by atoms with E-state index in [1.54, 1.807) is 14.2 Å². The molecule has 3 nitrogen and oxygen atoms in total. The smallest absolute Gasteiger partial charge is 0.118 e. The number of ether oxygens (including phenoxy) is 2. The average Bonchev–Trinajstić information content (AvgIpc) is 2.49. The lowest BCUT2D eigenvalue weighted by Gasteiger charge is -2.29. The van der Waals surface area contributed by atoms with Crippen LogP contribution in [0.1, 0.15) is 0 Å². The number of methoxy groups -OCH3 is 2. The van der Waals surface area contributed by atoms with Crippen molar-refractivity contribution in [3.8, 4) is 11.5 Å². The lowest BCUT2D eigenvalue weighted by atomic mass is 9.51. The molecule has 2 aromatic rings. The van der Waals surface area contributed by atoms with Crippen LogP contribution in [0.4, 0.5) is 0 Å². The monoisotopic (exact) mass is 255 g/mol. The van der Waals surface area contributed by atoms with Crippen molar-refractivity contribution >= 4 is 17.8 Å². The fourth-order valence-corrected chi connectivity index (χ4v) is 2.12. The Labute approximate surface area is 114 Å². The summed E-state index contributed by atoms with van der Waals surface area (Å²) in [5.74, 6) is 1.74. The van der Waals surface area contributed by atoms with Gasteiger partial charge in [0.05, 0.1) is 14.2 Å². The first kappa shape index (κ1) is 13.5. The van der Waals surface area contributed by atoms with E-state index in [1.807, 2.05) is 31.3 Å². The Hall–Kier alpha value is -1.94. The quantitative estimate of drug-likeness (QED) is 0.809. The molecule has 0 saturated carbocycles. The summed E-state index contributed by atoms with van der Waals surface area (Å²) in [4.78, 5) is 0. The Kier molecular flexibility index (Phi) is 4.47. The molecular weight excluding hydrogens is 237 g/mol. The molecule has 2 aromatic carbocycles. The van der Waals surface area contributed by atoms with Crippen LogP contribution in [-0.4, -0.2) is 28.1 Å². The first-order valence-corrected chi connectivity index (χ1v) is 6.23. The second kappa shape index (κ2) is 6.30. The van der Waals surface area contributed by atoms with Gasteiger partial charge in [-0.15, -0.1) is 0 Å². The second-order valence-electron chi connectivity index (χ2n) is 4.27. The first-order valence-electron chi connectivity index (χ1n) is 6.23. The molecule has 0 spiro atoms. The number of hydrogen-bond donors (Lipinski definition) is 1. The van der Waals surface area contributed by atoms with E-state index in [0.717, 1.165) is 11.5 Å². The largest absolute Gasteiger partial charge is 0.510 e. The highest BCUT2D eigenvalue weighted by atomic mass is 16.5. The molecule has 0 atom stereocenters. The standard InChI is InChI=1S/C15H18BNO2/c1-17-16(12-4-8-14(18-2)9-5-12)13-6-10-15(19-3)11-7-13/h4-11,17H,1-3H3/q-1. The summed E-state index contributed by atoms with van der Waals surface area (Å²) in [5.41, 5.74) is 2.40. The topological polar surface area (TPSA) is 30.5 Å². The van der Waals surface area contributed by atoms with E-state index >= 15 is 0 Å².